The molecule has 0 fully saturated rings. The Morgan fingerprint density at radius 3 is 1.34 bits per heavy atom. The standard InChI is InChI=1S/C8H7BrO2.C3H5BrO2.C2H3BrO2.C2H3ClO2.C2H3IO2/c9-7(8(10)11)6-4-2-1-3-5-6;1-2(4)3(5)6;3*3-1-2(4)5/h1-5,7H,(H,10,11);2H,1H3,(H,5,6);3*1H2,(H,4,5). The van der Waals surface area contributed by atoms with Crippen LogP contribution in [0.2, 0.25) is 0 Å². The third-order valence-electron chi connectivity index (χ3n) is 1.99. The lowest BCUT2D eigenvalue weighted by Crippen LogP contribution is -2.06. The first-order valence-corrected chi connectivity index (χ1v) is 12.8. The lowest BCUT2D eigenvalue weighted by atomic mass is 10.2. The summed E-state index contributed by atoms with van der Waals surface area (Å²) < 4.78 is 0.192. The van der Waals surface area contributed by atoms with Gasteiger partial charge in [0.15, 0.2) is 0 Å². The number of halogens is 5. The van der Waals surface area contributed by atoms with Crippen molar-refractivity contribution < 1.29 is 49.5 Å². The van der Waals surface area contributed by atoms with E-state index in [1.165, 1.54) is 0 Å². The lowest BCUT2D eigenvalue weighted by Gasteiger charge is -2.02. The van der Waals surface area contributed by atoms with Crippen molar-refractivity contribution >= 4 is 112 Å². The minimum Gasteiger partial charge on any atom is -0.481 e. The zero-order valence-electron chi connectivity index (χ0n) is 16.3. The largest absolute Gasteiger partial charge is 0.481 e. The molecule has 0 aromatic heterocycles. The van der Waals surface area contributed by atoms with Crippen molar-refractivity contribution in [3.63, 3.8) is 0 Å². The molecule has 1 rings (SSSR count). The number of hydrogen-bond acceptors (Lipinski definition) is 5. The lowest BCUT2D eigenvalue weighted by molar-refractivity contribution is -0.137. The van der Waals surface area contributed by atoms with Gasteiger partial charge in [0, 0.05) is 0 Å². The van der Waals surface area contributed by atoms with Gasteiger partial charge in [-0.25, -0.2) is 0 Å². The first-order valence-electron chi connectivity index (χ1n) is 7.79. The Morgan fingerprint density at radius 1 is 0.875 bits per heavy atom. The van der Waals surface area contributed by atoms with E-state index in [1.807, 2.05) is 18.2 Å². The van der Waals surface area contributed by atoms with Crippen molar-refractivity contribution in [2.24, 2.45) is 0 Å². The highest BCUT2D eigenvalue weighted by molar-refractivity contribution is 14.1. The second-order valence-electron chi connectivity index (χ2n) is 4.65. The Hall–Kier alpha value is -0.970. The SMILES string of the molecule is CC(Br)C(=O)O.O=C(O)C(Br)c1ccccc1.O=C(O)CBr.O=C(O)CCl.O=C(O)CI. The number of aliphatic carboxylic acids is 5. The summed E-state index contributed by atoms with van der Waals surface area (Å²) in [7, 11) is 0. The number of hydrogen-bond donors (Lipinski definition) is 5. The topological polar surface area (TPSA) is 186 Å². The smallest absolute Gasteiger partial charge is 0.321 e. The summed E-state index contributed by atoms with van der Waals surface area (Å²) in [5, 5.41) is 39.5. The van der Waals surface area contributed by atoms with Crippen LogP contribution in [0.15, 0.2) is 30.3 Å². The molecule has 5 N–H and O–H groups in total. The van der Waals surface area contributed by atoms with Gasteiger partial charge in [0.2, 0.25) is 0 Å². The zero-order valence-corrected chi connectivity index (χ0v) is 24.0. The van der Waals surface area contributed by atoms with Crippen molar-refractivity contribution in [3.05, 3.63) is 35.9 Å². The third kappa shape index (κ3) is 36.4. The molecule has 2 unspecified atom stereocenters. The van der Waals surface area contributed by atoms with E-state index < -0.39 is 39.5 Å². The average molecular weight is 787 g/mol. The van der Waals surface area contributed by atoms with Crippen LogP contribution in [0.5, 0.6) is 0 Å². The number of alkyl halides is 5. The molecular weight excluding hydrogens is 766 g/mol. The van der Waals surface area contributed by atoms with Gasteiger partial charge in [-0.2, -0.15) is 0 Å². The van der Waals surface area contributed by atoms with Gasteiger partial charge in [-0.15, -0.1) is 11.6 Å². The summed E-state index contributed by atoms with van der Waals surface area (Å²) in [4.78, 5) is 47.0. The van der Waals surface area contributed by atoms with Gasteiger partial charge in [-0.05, 0) is 12.5 Å². The monoisotopic (exact) mass is 784 g/mol. The molecule has 1 aromatic carbocycles. The second kappa shape index (κ2) is 26.3. The van der Waals surface area contributed by atoms with E-state index in [1.54, 1.807) is 41.6 Å². The maximum absolute atomic E-state index is 10.5. The first-order chi connectivity index (χ1) is 14.7. The van der Waals surface area contributed by atoms with E-state index in [2.05, 4.69) is 47.8 Å². The van der Waals surface area contributed by atoms with E-state index in [-0.39, 0.29) is 15.6 Å². The Kier molecular flexibility index (Phi) is 31.5. The molecule has 1 aromatic rings. The van der Waals surface area contributed by atoms with Gasteiger partial charge in [0.1, 0.15) is 20.9 Å². The molecule has 0 aliphatic rings. The number of carbonyl (C=O) groups is 5. The Bertz CT molecular complexity index is 645. The quantitative estimate of drug-likeness (QED) is 0.205. The normalized spacial score (nSPS) is 10.3. The fraction of sp³-hybridized carbons (Fsp3) is 0.353. The van der Waals surface area contributed by atoms with Crippen LogP contribution in [-0.4, -0.2) is 75.8 Å². The van der Waals surface area contributed by atoms with Gasteiger partial charge in [-0.1, -0.05) is 101 Å². The summed E-state index contributed by atoms with van der Waals surface area (Å²) >= 11 is 15.1. The van der Waals surface area contributed by atoms with Gasteiger partial charge < -0.3 is 25.5 Å². The molecule has 0 spiro atoms. The Balaban J connectivity index is -0.000000162. The molecule has 15 heteroatoms. The molecule has 0 amide bonds. The maximum atomic E-state index is 10.5. The number of carboxylic acids is 5. The minimum atomic E-state index is -0.980. The van der Waals surface area contributed by atoms with Crippen LogP contribution in [0, 0.1) is 0 Å². The summed E-state index contributed by atoms with van der Waals surface area (Å²) in [6, 6.07) is 9.02. The molecule has 0 aliphatic heterocycles. The summed E-state index contributed by atoms with van der Waals surface area (Å²) in [5.41, 5.74) is 0.764. The van der Waals surface area contributed by atoms with Crippen LogP contribution in [0.3, 0.4) is 0 Å². The fourth-order valence-electron chi connectivity index (χ4n) is 0.765. The van der Waals surface area contributed by atoms with Crippen molar-refractivity contribution in [1.82, 2.24) is 0 Å². The van der Waals surface area contributed by atoms with Gasteiger partial charge in [0.25, 0.3) is 0 Å². The van der Waals surface area contributed by atoms with Crippen LogP contribution in [0.4, 0.5) is 0 Å². The maximum Gasteiger partial charge on any atom is 0.321 e. The molecule has 0 bridgehead atoms. The van der Waals surface area contributed by atoms with Gasteiger partial charge >= 0.3 is 29.8 Å². The van der Waals surface area contributed by atoms with E-state index in [0.717, 1.165) is 5.56 Å². The Labute approximate surface area is 227 Å². The highest BCUT2D eigenvalue weighted by Gasteiger charge is 2.13. The molecule has 2 atom stereocenters. The van der Waals surface area contributed by atoms with Crippen molar-refractivity contribution in [2.75, 3.05) is 15.6 Å². The molecule has 0 saturated carbocycles. The van der Waals surface area contributed by atoms with Crippen molar-refractivity contribution in [1.29, 1.82) is 0 Å². The van der Waals surface area contributed by atoms with Crippen LogP contribution in [0.1, 0.15) is 17.3 Å². The summed E-state index contributed by atoms with van der Waals surface area (Å²) in [6.45, 7) is 1.56. The van der Waals surface area contributed by atoms with Gasteiger partial charge in [-0.3, -0.25) is 24.0 Å². The number of rotatable bonds is 6. The molecular formula is C17H21Br3ClIO10. The van der Waals surface area contributed by atoms with E-state index in [0.29, 0.717) is 0 Å². The molecule has 184 valence electrons. The zero-order chi connectivity index (χ0) is 26.3. The summed E-state index contributed by atoms with van der Waals surface area (Å²) in [5.74, 6) is -4.56. The van der Waals surface area contributed by atoms with E-state index >= 15 is 0 Å². The number of carboxylic acid groups (broad SMARTS) is 5. The summed E-state index contributed by atoms with van der Waals surface area (Å²) in [6.07, 6.45) is 0. The van der Waals surface area contributed by atoms with E-state index in [4.69, 9.17) is 37.1 Å². The van der Waals surface area contributed by atoms with Crippen LogP contribution < -0.4 is 0 Å². The molecule has 0 aliphatic carbocycles. The fourth-order valence-corrected chi connectivity index (χ4v) is 1.07. The minimum absolute atomic E-state index is 0.0347. The molecule has 10 nitrogen and oxygen atoms in total. The van der Waals surface area contributed by atoms with Gasteiger partial charge in [0.05, 0.1) is 4.43 Å². The first kappa shape index (κ1) is 38.3. The average Bonchev–Trinajstić information content (AvgIpc) is 2.75. The molecule has 0 radical (unpaired) electrons. The predicted molar refractivity (Wildman–Crippen MR) is 138 cm³/mol. The molecule has 32 heavy (non-hydrogen) atoms. The van der Waals surface area contributed by atoms with Crippen LogP contribution in [-0.2, 0) is 24.0 Å². The third-order valence-corrected chi connectivity index (χ3v) is 4.67. The predicted octanol–water partition coefficient (Wildman–Crippen LogP) is 4.34. The molecule has 0 heterocycles. The van der Waals surface area contributed by atoms with Crippen LogP contribution in [0.25, 0.3) is 0 Å². The van der Waals surface area contributed by atoms with Crippen molar-refractivity contribution in [3.8, 4) is 0 Å². The molecule has 0 saturated heterocycles. The number of benzene rings is 1. The highest BCUT2D eigenvalue weighted by atomic mass is 127. The highest BCUT2D eigenvalue weighted by Crippen LogP contribution is 2.21. The van der Waals surface area contributed by atoms with Crippen molar-refractivity contribution in [2.45, 2.75) is 16.6 Å². The Morgan fingerprint density at radius 2 is 1.19 bits per heavy atom. The van der Waals surface area contributed by atoms with E-state index in [9.17, 15) is 24.0 Å². The second-order valence-corrected chi connectivity index (χ2v) is 8.53. The van der Waals surface area contributed by atoms with Crippen LogP contribution >= 0.6 is 82.0 Å².